The summed E-state index contributed by atoms with van der Waals surface area (Å²) in [5.41, 5.74) is 4.16. The van der Waals surface area contributed by atoms with Crippen molar-refractivity contribution in [3.8, 4) is 17.1 Å². The molecule has 34 heavy (non-hydrogen) atoms. The van der Waals surface area contributed by atoms with E-state index in [9.17, 15) is 9.18 Å². The molecule has 176 valence electrons. The number of nitrogens with zero attached hydrogens (tertiary/aromatic N) is 5. The summed E-state index contributed by atoms with van der Waals surface area (Å²) in [5, 5.41) is 9.25. The molecule has 1 aromatic carbocycles. The van der Waals surface area contributed by atoms with Gasteiger partial charge in [-0.05, 0) is 63.2 Å². The Morgan fingerprint density at radius 1 is 1.12 bits per heavy atom. The maximum atomic E-state index is 13.6. The minimum atomic E-state index is -0.329. The number of methoxy groups -OCH3 is 1. The van der Waals surface area contributed by atoms with Crippen LogP contribution in [0.3, 0.4) is 0 Å². The second-order valence-electron chi connectivity index (χ2n) is 8.02. The highest BCUT2D eigenvalue weighted by Crippen LogP contribution is 2.29. The molecule has 3 aromatic heterocycles. The zero-order valence-electron chi connectivity index (χ0n) is 19.5. The first-order valence-electron chi connectivity index (χ1n) is 10.9. The first-order chi connectivity index (χ1) is 16.4. The maximum absolute atomic E-state index is 13.6. The van der Waals surface area contributed by atoms with Crippen molar-refractivity contribution in [3.63, 3.8) is 0 Å². The van der Waals surface area contributed by atoms with Crippen molar-refractivity contribution in [1.29, 1.82) is 0 Å². The third kappa shape index (κ3) is 4.80. The van der Waals surface area contributed by atoms with E-state index in [0.29, 0.717) is 28.8 Å². The van der Waals surface area contributed by atoms with Gasteiger partial charge >= 0.3 is 0 Å². The zero-order valence-corrected chi connectivity index (χ0v) is 20.3. The van der Waals surface area contributed by atoms with E-state index in [-0.39, 0.29) is 23.4 Å². The van der Waals surface area contributed by atoms with Gasteiger partial charge in [0.25, 0.3) is 0 Å². The third-order valence-electron chi connectivity index (χ3n) is 5.62. The Labute approximate surface area is 202 Å². The fourth-order valence-corrected chi connectivity index (χ4v) is 4.97. The van der Waals surface area contributed by atoms with Crippen molar-refractivity contribution in [2.24, 2.45) is 0 Å². The molecule has 0 fully saturated rings. The molecule has 0 N–H and O–H groups in total. The Bertz CT molecular complexity index is 1280. The van der Waals surface area contributed by atoms with Gasteiger partial charge in [0.05, 0.1) is 18.4 Å². The summed E-state index contributed by atoms with van der Waals surface area (Å²) >= 11 is 1.30. The molecule has 0 amide bonds. The van der Waals surface area contributed by atoms with Gasteiger partial charge in [0, 0.05) is 47.7 Å². The minimum Gasteiger partial charge on any atom is -0.383 e. The van der Waals surface area contributed by atoms with Crippen molar-refractivity contribution in [2.75, 3.05) is 19.5 Å². The molecule has 3 heterocycles. The van der Waals surface area contributed by atoms with Crippen LogP contribution in [0.2, 0.25) is 0 Å². The number of benzene rings is 1. The van der Waals surface area contributed by atoms with Crippen LogP contribution >= 0.6 is 11.8 Å². The minimum absolute atomic E-state index is 0.00749. The average molecular weight is 480 g/mol. The lowest BCUT2D eigenvalue weighted by atomic mass is 10.2. The number of thioether (sulfide) groups is 1. The number of pyridine rings is 1. The average Bonchev–Trinajstić information content (AvgIpc) is 3.39. The van der Waals surface area contributed by atoms with Gasteiger partial charge in [-0.15, -0.1) is 10.2 Å². The summed E-state index contributed by atoms with van der Waals surface area (Å²) in [6.07, 6.45) is 3.35. The Morgan fingerprint density at radius 3 is 2.50 bits per heavy atom. The second kappa shape index (κ2) is 10.3. The molecule has 0 spiro atoms. The van der Waals surface area contributed by atoms with Crippen molar-refractivity contribution >= 4 is 17.5 Å². The Kier molecular flexibility index (Phi) is 7.23. The summed E-state index contributed by atoms with van der Waals surface area (Å²) < 4.78 is 22.8. The first-order valence-corrected chi connectivity index (χ1v) is 11.8. The SMILES string of the molecule is COC[C@@H](C)n1c(C)cc(C(=O)CSc2nnc(-c3ccncc3)n2-c2ccc(F)cc2)c1C. The van der Waals surface area contributed by atoms with Crippen LogP contribution in [0.4, 0.5) is 4.39 Å². The van der Waals surface area contributed by atoms with Crippen molar-refractivity contribution in [1.82, 2.24) is 24.3 Å². The van der Waals surface area contributed by atoms with Gasteiger partial charge in [-0.3, -0.25) is 14.3 Å². The maximum Gasteiger partial charge on any atom is 0.196 e. The van der Waals surface area contributed by atoms with Gasteiger partial charge in [0.1, 0.15) is 5.82 Å². The van der Waals surface area contributed by atoms with E-state index in [4.69, 9.17) is 4.74 Å². The standard InChI is InChI=1S/C25H26FN5O2S/c1-16-13-22(18(3)30(16)17(2)14-33-4)23(32)15-34-25-29-28-24(19-9-11-27-12-10-19)31(25)21-7-5-20(26)6-8-21/h5-13,17H,14-15H2,1-4H3/t17-/m1/s1. The molecule has 0 aliphatic rings. The topological polar surface area (TPSA) is 74.8 Å². The van der Waals surface area contributed by atoms with Crippen molar-refractivity contribution in [2.45, 2.75) is 32.0 Å². The van der Waals surface area contributed by atoms with Crippen LogP contribution in [0.5, 0.6) is 0 Å². The summed E-state index contributed by atoms with van der Waals surface area (Å²) in [6, 6.07) is 11.8. The summed E-state index contributed by atoms with van der Waals surface area (Å²) in [4.78, 5) is 17.2. The number of aryl methyl sites for hydroxylation is 1. The summed E-state index contributed by atoms with van der Waals surface area (Å²) in [7, 11) is 1.67. The van der Waals surface area contributed by atoms with Crippen LogP contribution in [0.1, 0.15) is 34.7 Å². The van der Waals surface area contributed by atoms with Crippen LogP contribution in [0, 0.1) is 19.7 Å². The molecular formula is C25H26FN5O2S. The normalized spacial score (nSPS) is 12.1. The van der Waals surface area contributed by atoms with Gasteiger partial charge in [-0.1, -0.05) is 11.8 Å². The number of Topliss-reactive ketones (excluding diaryl/α,β-unsaturated/α-hetero) is 1. The van der Waals surface area contributed by atoms with Gasteiger partial charge in [-0.25, -0.2) is 4.39 Å². The highest BCUT2D eigenvalue weighted by Gasteiger charge is 2.21. The number of halogens is 1. The molecule has 0 aliphatic heterocycles. The first kappa shape index (κ1) is 23.8. The molecule has 7 nitrogen and oxygen atoms in total. The highest BCUT2D eigenvalue weighted by atomic mass is 32.2. The molecule has 9 heteroatoms. The van der Waals surface area contributed by atoms with E-state index < -0.39 is 0 Å². The lowest BCUT2D eigenvalue weighted by Crippen LogP contribution is -2.14. The lowest BCUT2D eigenvalue weighted by molar-refractivity contribution is 0.102. The lowest BCUT2D eigenvalue weighted by Gasteiger charge is -2.17. The van der Waals surface area contributed by atoms with E-state index in [1.54, 1.807) is 31.6 Å². The fraction of sp³-hybridized carbons (Fsp3) is 0.280. The van der Waals surface area contributed by atoms with Crippen LogP contribution < -0.4 is 0 Å². The zero-order chi connectivity index (χ0) is 24.2. The Morgan fingerprint density at radius 2 is 1.82 bits per heavy atom. The predicted molar refractivity (Wildman–Crippen MR) is 130 cm³/mol. The molecule has 4 rings (SSSR count). The number of carbonyl (C=O) groups excluding carboxylic acids is 1. The number of rotatable bonds is 9. The van der Waals surface area contributed by atoms with E-state index in [2.05, 4.69) is 26.7 Å². The Balaban J connectivity index is 1.63. The van der Waals surface area contributed by atoms with Crippen molar-refractivity contribution in [3.05, 3.63) is 77.6 Å². The molecule has 0 radical (unpaired) electrons. The number of ketones is 1. The second-order valence-corrected chi connectivity index (χ2v) is 8.97. The molecule has 0 unspecified atom stereocenters. The predicted octanol–water partition coefficient (Wildman–Crippen LogP) is 5.07. The molecule has 1 atom stereocenters. The van der Waals surface area contributed by atoms with E-state index >= 15 is 0 Å². The molecule has 0 saturated carbocycles. The largest absolute Gasteiger partial charge is 0.383 e. The van der Waals surface area contributed by atoms with Gasteiger partial charge in [0.2, 0.25) is 0 Å². The molecule has 0 aliphatic carbocycles. The number of hydrogen-bond donors (Lipinski definition) is 0. The summed E-state index contributed by atoms with van der Waals surface area (Å²) in [6.45, 7) is 6.59. The molecule has 0 saturated heterocycles. The van der Waals surface area contributed by atoms with Crippen LogP contribution in [-0.2, 0) is 4.74 Å². The number of carbonyl (C=O) groups is 1. The highest BCUT2D eigenvalue weighted by molar-refractivity contribution is 7.99. The quantitative estimate of drug-likeness (QED) is 0.247. The van der Waals surface area contributed by atoms with Crippen molar-refractivity contribution < 1.29 is 13.9 Å². The number of hydrogen-bond acceptors (Lipinski definition) is 6. The molecule has 4 aromatic rings. The monoisotopic (exact) mass is 479 g/mol. The Hall–Kier alpha value is -3.30. The fourth-order valence-electron chi connectivity index (χ4n) is 4.14. The number of aromatic nitrogens is 5. The van der Waals surface area contributed by atoms with Crippen LogP contribution in [-0.4, -0.2) is 49.6 Å². The number of ether oxygens (including phenoxy) is 1. The summed E-state index contributed by atoms with van der Waals surface area (Å²) in [5.74, 6) is 0.465. The van der Waals surface area contributed by atoms with E-state index in [1.165, 1.54) is 23.9 Å². The van der Waals surface area contributed by atoms with Crippen LogP contribution in [0.25, 0.3) is 17.1 Å². The smallest absolute Gasteiger partial charge is 0.196 e. The van der Waals surface area contributed by atoms with E-state index in [1.807, 2.05) is 36.6 Å². The van der Waals surface area contributed by atoms with Gasteiger partial charge < -0.3 is 9.30 Å². The van der Waals surface area contributed by atoms with E-state index in [0.717, 1.165) is 17.0 Å². The van der Waals surface area contributed by atoms with Crippen LogP contribution in [0.15, 0.2) is 60.0 Å². The van der Waals surface area contributed by atoms with Gasteiger partial charge in [-0.2, -0.15) is 0 Å². The van der Waals surface area contributed by atoms with Gasteiger partial charge in [0.15, 0.2) is 16.8 Å². The molecular weight excluding hydrogens is 453 g/mol. The third-order valence-corrected chi connectivity index (χ3v) is 6.55. The molecule has 0 bridgehead atoms.